The highest BCUT2D eigenvalue weighted by Crippen LogP contribution is 2.25. The molecule has 0 radical (unpaired) electrons. The Morgan fingerprint density at radius 1 is 1.35 bits per heavy atom. The van der Waals surface area contributed by atoms with Gasteiger partial charge in [-0.15, -0.1) is 11.8 Å². The van der Waals surface area contributed by atoms with E-state index in [9.17, 15) is 5.11 Å². The molecule has 2 rings (SSSR count). The van der Waals surface area contributed by atoms with Gasteiger partial charge in [-0.25, -0.2) is 0 Å². The Morgan fingerprint density at radius 2 is 2.05 bits per heavy atom. The summed E-state index contributed by atoms with van der Waals surface area (Å²) >= 11 is 5.06. The van der Waals surface area contributed by atoms with E-state index in [1.54, 1.807) is 18.7 Å². The van der Waals surface area contributed by atoms with Gasteiger partial charge in [-0.3, -0.25) is 0 Å². The van der Waals surface area contributed by atoms with E-state index >= 15 is 0 Å². The molecule has 0 spiro atoms. The van der Waals surface area contributed by atoms with E-state index in [2.05, 4.69) is 26.1 Å². The molecule has 0 saturated carbocycles. The molecule has 6 heteroatoms. The number of hydrogen-bond donors (Lipinski definition) is 1. The number of thioether (sulfide) groups is 1. The van der Waals surface area contributed by atoms with Gasteiger partial charge >= 0.3 is 0 Å². The Balaban J connectivity index is 1.97. The van der Waals surface area contributed by atoms with Crippen LogP contribution in [0, 0.1) is 0 Å². The van der Waals surface area contributed by atoms with Crippen molar-refractivity contribution in [3.8, 4) is 0 Å². The lowest BCUT2D eigenvalue weighted by atomic mass is 10.0. The summed E-state index contributed by atoms with van der Waals surface area (Å²) in [6.07, 6.45) is 0.298. The first kappa shape index (κ1) is 15.5. The molecule has 0 bridgehead atoms. The maximum atomic E-state index is 9.67. The molecule has 1 N–H and O–H groups in total. The minimum Gasteiger partial charge on any atom is -0.393 e. The van der Waals surface area contributed by atoms with Crippen molar-refractivity contribution in [3.63, 3.8) is 0 Å². The van der Waals surface area contributed by atoms with Crippen molar-refractivity contribution < 1.29 is 9.63 Å². The Morgan fingerprint density at radius 3 is 2.65 bits per heavy atom. The quantitative estimate of drug-likeness (QED) is 0.792. The molecule has 108 valence electrons. The number of rotatable bonds is 6. The molecule has 0 aliphatic heterocycles. The molecule has 2 unspecified atom stereocenters. The number of aliphatic hydroxyl groups is 1. The fraction of sp³-hybridized carbons (Fsp3) is 0.429. The van der Waals surface area contributed by atoms with Crippen LogP contribution in [0.5, 0.6) is 0 Å². The van der Waals surface area contributed by atoms with Crippen LogP contribution >= 0.6 is 27.7 Å². The third-order valence-electron chi connectivity index (χ3n) is 3.00. The fourth-order valence-corrected chi connectivity index (χ4v) is 2.88. The molecule has 1 aromatic carbocycles. The molecule has 2 aromatic rings. The van der Waals surface area contributed by atoms with Crippen LogP contribution in [-0.2, 0) is 5.75 Å². The number of hydrogen-bond acceptors (Lipinski definition) is 5. The van der Waals surface area contributed by atoms with Crippen molar-refractivity contribution in [2.24, 2.45) is 0 Å². The first-order valence-electron chi connectivity index (χ1n) is 6.49. The average molecular weight is 357 g/mol. The molecular formula is C14H17BrN2O2S. The summed E-state index contributed by atoms with van der Waals surface area (Å²) in [7, 11) is 0. The van der Waals surface area contributed by atoms with Crippen LogP contribution in [0.25, 0.3) is 0 Å². The number of halogens is 1. The molecule has 0 saturated heterocycles. The lowest BCUT2D eigenvalue weighted by molar-refractivity contribution is 0.141. The standard InChI is InChI=1S/C14H17BrN2O2S/c1-3-12(9(2)18)14-16-13(17-19-14)8-20-11-6-4-10(15)5-7-11/h4-7,9,12,18H,3,8H2,1-2H3. The molecule has 20 heavy (non-hydrogen) atoms. The lowest BCUT2D eigenvalue weighted by Gasteiger charge is -2.12. The topological polar surface area (TPSA) is 59.2 Å². The Bertz CT molecular complexity index is 542. The SMILES string of the molecule is CCC(c1nc(CSc2ccc(Br)cc2)no1)C(C)O. The minimum atomic E-state index is -0.479. The van der Waals surface area contributed by atoms with Gasteiger partial charge in [0.15, 0.2) is 5.82 Å². The summed E-state index contributed by atoms with van der Waals surface area (Å²) in [5, 5.41) is 13.6. The molecule has 0 fully saturated rings. The maximum Gasteiger partial charge on any atom is 0.232 e. The minimum absolute atomic E-state index is 0.0890. The molecule has 0 amide bonds. The summed E-state index contributed by atoms with van der Waals surface area (Å²) in [6, 6.07) is 8.09. The Labute approximate surface area is 131 Å². The van der Waals surface area contributed by atoms with E-state index in [0.29, 0.717) is 17.5 Å². The van der Waals surface area contributed by atoms with Crippen LogP contribution in [0.15, 0.2) is 38.2 Å². The lowest BCUT2D eigenvalue weighted by Crippen LogP contribution is -2.14. The molecule has 0 aliphatic carbocycles. The van der Waals surface area contributed by atoms with Crippen LogP contribution < -0.4 is 0 Å². The number of nitrogens with zero attached hydrogens (tertiary/aromatic N) is 2. The van der Waals surface area contributed by atoms with Crippen molar-refractivity contribution in [2.45, 2.75) is 42.9 Å². The summed E-state index contributed by atoms with van der Waals surface area (Å²) < 4.78 is 6.31. The zero-order valence-electron chi connectivity index (χ0n) is 11.4. The second-order valence-corrected chi connectivity index (χ2v) is 6.51. The van der Waals surface area contributed by atoms with Crippen molar-refractivity contribution in [2.75, 3.05) is 0 Å². The molecule has 1 heterocycles. The van der Waals surface area contributed by atoms with Crippen molar-refractivity contribution in [1.82, 2.24) is 10.1 Å². The van der Waals surface area contributed by atoms with Gasteiger partial charge in [0, 0.05) is 9.37 Å². The van der Waals surface area contributed by atoms with E-state index in [1.807, 2.05) is 31.2 Å². The number of aromatic nitrogens is 2. The van der Waals surface area contributed by atoms with Crippen molar-refractivity contribution >= 4 is 27.7 Å². The van der Waals surface area contributed by atoms with Gasteiger partial charge in [0.2, 0.25) is 5.89 Å². The van der Waals surface area contributed by atoms with E-state index in [1.165, 1.54) is 0 Å². The van der Waals surface area contributed by atoms with Crippen molar-refractivity contribution in [1.29, 1.82) is 0 Å². The largest absolute Gasteiger partial charge is 0.393 e. The molecule has 2 atom stereocenters. The fourth-order valence-electron chi connectivity index (χ4n) is 1.88. The van der Waals surface area contributed by atoms with Gasteiger partial charge in [0.1, 0.15) is 0 Å². The highest BCUT2D eigenvalue weighted by Gasteiger charge is 2.21. The predicted octanol–water partition coefficient (Wildman–Crippen LogP) is 4.00. The first-order valence-corrected chi connectivity index (χ1v) is 8.27. The average Bonchev–Trinajstić information content (AvgIpc) is 2.87. The Hall–Kier alpha value is -0.850. The highest BCUT2D eigenvalue weighted by molar-refractivity contribution is 9.10. The summed E-state index contributed by atoms with van der Waals surface area (Å²) in [5.41, 5.74) is 0. The van der Waals surface area contributed by atoms with Crippen LogP contribution in [0.2, 0.25) is 0 Å². The van der Waals surface area contributed by atoms with Gasteiger partial charge in [-0.05, 0) is 37.6 Å². The van der Waals surface area contributed by atoms with E-state index in [-0.39, 0.29) is 5.92 Å². The van der Waals surface area contributed by atoms with Crippen LogP contribution in [0.4, 0.5) is 0 Å². The molecular weight excluding hydrogens is 340 g/mol. The summed E-state index contributed by atoms with van der Waals surface area (Å²) in [4.78, 5) is 5.52. The van der Waals surface area contributed by atoms with E-state index < -0.39 is 6.10 Å². The number of aliphatic hydroxyl groups excluding tert-OH is 1. The van der Waals surface area contributed by atoms with Crippen molar-refractivity contribution in [3.05, 3.63) is 40.5 Å². The zero-order chi connectivity index (χ0) is 14.5. The summed E-state index contributed by atoms with van der Waals surface area (Å²) in [5.74, 6) is 1.75. The van der Waals surface area contributed by atoms with Crippen LogP contribution in [-0.4, -0.2) is 21.4 Å². The number of benzene rings is 1. The molecule has 4 nitrogen and oxygen atoms in total. The van der Waals surface area contributed by atoms with Crippen LogP contribution in [0.3, 0.4) is 0 Å². The normalized spacial score (nSPS) is 14.2. The monoisotopic (exact) mass is 356 g/mol. The van der Waals surface area contributed by atoms with Gasteiger partial charge < -0.3 is 9.63 Å². The maximum absolute atomic E-state index is 9.67. The van der Waals surface area contributed by atoms with Gasteiger partial charge in [-0.2, -0.15) is 4.98 Å². The molecule has 0 aliphatic rings. The third kappa shape index (κ3) is 4.07. The van der Waals surface area contributed by atoms with Gasteiger partial charge in [0.25, 0.3) is 0 Å². The zero-order valence-corrected chi connectivity index (χ0v) is 13.8. The van der Waals surface area contributed by atoms with Gasteiger partial charge in [0.05, 0.1) is 17.8 Å². The Kier molecular flexibility index (Phi) is 5.63. The second kappa shape index (κ2) is 7.24. The van der Waals surface area contributed by atoms with E-state index in [0.717, 1.165) is 15.8 Å². The first-order chi connectivity index (χ1) is 9.60. The van der Waals surface area contributed by atoms with Gasteiger partial charge in [-0.1, -0.05) is 28.0 Å². The molecule has 1 aromatic heterocycles. The van der Waals surface area contributed by atoms with E-state index in [4.69, 9.17) is 4.52 Å². The predicted molar refractivity (Wildman–Crippen MR) is 82.7 cm³/mol. The summed E-state index contributed by atoms with van der Waals surface area (Å²) in [6.45, 7) is 3.74. The van der Waals surface area contributed by atoms with Crippen LogP contribution in [0.1, 0.15) is 37.9 Å². The smallest absolute Gasteiger partial charge is 0.232 e. The third-order valence-corrected chi connectivity index (χ3v) is 4.54. The second-order valence-electron chi connectivity index (χ2n) is 4.55. The highest BCUT2D eigenvalue weighted by atomic mass is 79.9.